The summed E-state index contributed by atoms with van der Waals surface area (Å²) in [5, 5.41) is 3.19. The number of halogens is 1. The van der Waals surface area contributed by atoms with Crippen molar-refractivity contribution in [1.29, 1.82) is 0 Å². The molecule has 2 heterocycles. The van der Waals surface area contributed by atoms with Gasteiger partial charge >= 0.3 is 0 Å². The quantitative estimate of drug-likeness (QED) is 0.927. The highest BCUT2D eigenvalue weighted by Crippen LogP contribution is 2.23. The lowest BCUT2D eigenvalue weighted by atomic mass is 10.2. The Hall–Kier alpha value is -1.00. The second-order valence-electron chi connectivity index (χ2n) is 5.38. The minimum atomic E-state index is 0. The van der Waals surface area contributed by atoms with Gasteiger partial charge in [0, 0.05) is 37.1 Å². The number of nitrogens with one attached hydrogen (secondary N) is 1. The van der Waals surface area contributed by atoms with Crippen LogP contribution in [0.4, 0.5) is 0 Å². The number of carbonyl (C=O) groups is 1. The van der Waals surface area contributed by atoms with Crippen molar-refractivity contribution in [3.05, 3.63) is 23.0 Å². The first-order valence-electron chi connectivity index (χ1n) is 7.22. The molecule has 1 atom stereocenters. The molecule has 1 amide bonds. The molecule has 0 aromatic carbocycles. The normalized spacial score (nSPS) is 18.2. The number of aryl methyl sites for hydroxylation is 1. The maximum atomic E-state index is 12.7. The molecule has 1 aromatic rings. The molecule has 5 heteroatoms. The summed E-state index contributed by atoms with van der Waals surface area (Å²) in [6, 6.07) is 2.39. The monoisotopic (exact) mass is 299 g/mol. The molecule has 1 aliphatic rings. The van der Waals surface area contributed by atoms with Gasteiger partial charge in [0.1, 0.15) is 0 Å². The highest BCUT2D eigenvalue weighted by atomic mass is 35.5. The van der Waals surface area contributed by atoms with Gasteiger partial charge < -0.3 is 14.8 Å². The molecule has 4 nitrogen and oxygen atoms in total. The molecule has 1 aliphatic heterocycles. The predicted octanol–water partition coefficient (Wildman–Crippen LogP) is 2.37. The molecule has 1 unspecified atom stereocenters. The number of rotatable bonds is 4. The highest BCUT2D eigenvalue weighted by Gasteiger charge is 2.30. The van der Waals surface area contributed by atoms with Crippen molar-refractivity contribution in [2.45, 2.75) is 46.2 Å². The van der Waals surface area contributed by atoms with Crippen LogP contribution in [0.1, 0.15) is 41.5 Å². The molecule has 1 aromatic heterocycles. The van der Waals surface area contributed by atoms with Crippen molar-refractivity contribution in [1.82, 2.24) is 14.8 Å². The lowest BCUT2D eigenvalue weighted by Gasteiger charge is -2.24. The van der Waals surface area contributed by atoms with Crippen LogP contribution in [0.15, 0.2) is 6.07 Å². The molecule has 0 aliphatic carbocycles. The fourth-order valence-electron chi connectivity index (χ4n) is 3.21. The topological polar surface area (TPSA) is 37.3 Å². The number of aromatic nitrogens is 1. The van der Waals surface area contributed by atoms with E-state index >= 15 is 0 Å². The van der Waals surface area contributed by atoms with E-state index in [0.29, 0.717) is 6.04 Å². The van der Waals surface area contributed by atoms with Crippen molar-refractivity contribution in [2.24, 2.45) is 0 Å². The summed E-state index contributed by atoms with van der Waals surface area (Å²) in [4.78, 5) is 14.8. The molecular weight excluding hydrogens is 274 g/mol. The Morgan fingerprint density at radius 2 is 2.15 bits per heavy atom. The fraction of sp³-hybridized carbons (Fsp3) is 0.667. The number of hydrogen-bond acceptors (Lipinski definition) is 2. The van der Waals surface area contributed by atoms with Crippen LogP contribution in [-0.2, 0) is 6.54 Å². The standard InChI is InChI=1S/C15H25N3O.ClH/c1-5-17-11(2)9-14(12(17)3)15(19)18-8-6-7-13(18)10-16-4;/h9,13,16H,5-8,10H2,1-4H3;1H. The molecule has 0 spiro atoms. The van der Waals surface area contributed by atoms with Crippen LogP contribution in [0.25, 0.3) is 0 Å². The molecule has 0 bridgehead atoms. The number of nitrogens with zero attached hydrogens (tertiary/aromatic N) is 2. The third kappa shape index (κ3) is 3.01. The zero-order valence-corrected chi connectivity index (χ0v) is 13.7. The second-order valence-corrected chi connectivity index (χ2v) is 5.38. The van der Waals surface area contributed by atoms with Crippen molar-refractivity contribution >= 4 is 18.3 Å². The van der Waals surface area contributed by atoms with E-state index < -0.39 is 0 Å². The maximum absolute atomic E-state index is 12.7. The van der Waals surface area contributed by atoms with Crippen LogP contribution in [0.3, 0.4) is 0 Å². The van der Waals surface area contributed by atoms with Gasteiger partial charge in [-0.1, -0.05) is 0 Å². The SMILES string of the molecule is CCn1c(C)cc(C(=O)N2CCCC2CNC)c1C.Cl. The van der Waals surface area contributed by atoms with Gasteiger partial charge in [0.25, 0.3) is 5.91 Å². The van der Waals surface area contributed by atoms with Crippen LogP contribution in [0, 0.1) is 13.8 Å². The van der Waals surface area contributed by atoms with Crippen LogP contribution in [-0.4, -0.2) is 41.6 Å². The molecule has 114 valence electrons. The first-order valence-corrected chi connectivity index (χ1v) is 7.22. The summed E-state index contributed by atoms with van der Waals surface area (Å²) in [6.07, 6.45) is 2.23. The van der Waals surface area contributed by atoms with Crippen LogP contribution in [0.2, 0.25) is 0 Å². The van der Waals surface area contributed by atoms with Crippen molar-refractivity contribution in [2.75, 3.05) is 20.1 Å². The Morgan fingerprint density at radius 3 is 2.70 bits per heavy atom. The molecule has 0 saturated carbocycles. The zero-order valence-electron chi connectivity index (χ0n) is 12.9. The third-order valence-electron chi connectivity index (χ3n) is 4.20. The van der Waals surface area contributed by atoms with Gasteiger partial charge in [-0.3, -0.25) is 4.79 Å². The number of carbonyl (C=O) groups excluding carboxylic acids is 1. The van der Waals surface area contributed by atoms with E-state index in [4.69, 9.17) is 0 Å². The van der Waals surface area contributed by atoms with Crippen molar-refractivity contribution in [3.63, 3.8) is 0 Å². The molecule has 1 N–H and O–H groups in total. The smallest absolute Gasteiger partial charge is 0.255 e. The summed E-state index contributed by atoms with van der Waals surface area (Å²) < 4.78 is 2.20. The Morgan fingerprint density at radius 1 is 1.45 bits per heavy atom. The van der Waals surface area contributed by atoms with Gasteiger partial charge in [0.05, 0.1) is 5.56 Å². The lowest BCUT2D eigenvalue weighted by molar-refractivity contribution is 0.0736. The molecule has 1 saturated heterocycles. The Labute approximate surface area is 127 Å². The van der Waals surface area contributed by atoms with Gasteiger partial charge in [-0.2, -0.15) is 0 Å². The van der Waals surface area contributed by atoms with E-state index in [1.165, 1.54) is 5.69 Å². The summed E-state index contributed by atoms with van der Waals surface area (Å²) >= 11 is 0. The van der Waals surface area contributed by atoms with Gasteiger partial charge in [-0.05, 0) is 46.7 Å². The molecule has 2 rings (SSSR count). The number of hydrogen-bond donors (Lipinski definition) is 1. The molecule has 0 radical (unpaired) electrons. The number of likely N-dealkylation sites (N-methyl/N-ethyl adjacent to an activating group) is 1. The first kappa shape index (κ1) is 17.1. The van der Waals surface area contributed by atoms with Gasteiger partial charge in [-0.25, -0.2) is 0 Å². The summed E-state index contributed by atoms with van der Waals surface area (Å²) in [5.41, 5.74) is 3.15. The summed E-state index contributed by atoms with van der Waals surface area (Å²) in [5.74, 6) is 0.200. The van der Waals surface area contributed by atoms with Crippen LogP contribution in [0.5, 0.6) is 0 Å². The number of amides is 1. The van der Waals surface area contributed by atoms with Crippen LogP contribution >= 0.6 is 12.4 Å². The van der Waals surface area contributed by atoms with Crippen LogP contribution < -0.4 is 5.32 Å². The lowest BCUT2D eigenvalue weighted by Crippen LogP contribution is -2.41. The Bertz CT molecular complexity index is 470. The average molecular weight is 300 g/mol. The van der Waals surface area contributed by atoms with E-state index in [1.807, 2.05) is 24.9 Å². The van der Waals surface area contributed by atoms with Gasteiger partial charge in [0.2, 0.25) is 0 Å². The van der Waals surface area contributed by atoms with Gasteiger partial charge in [-0.15, -0.1) is 12.4 Å². The zero-order chi connectivity index (χ0) is 14.0. The molecular formula is C15H26ClN3O. The van der Waals surface area contributed by atoms with E-state index in [0.717, 1.165) is 43.7 Å². The first-order chi connectivity index (χ1) is 9.10. The molecule has 20 heavy (non-hydrogen) atoms. The fourth-order valence-corrected chi connectivity index (χ4v) is 3.21. The minimum Gasteiger partial charge on any atom is -0.349 e. The largest absolute Gasteiger partial charge is 0.349 e. The predicted molar refractivity (Wildman–Crippen MR) is 84.8 cm³/mol. The highest BCUT2D eigenvalue weighted by molar-refractivity contribution is 5.96. The maximum Gasteiger partial charge on any atom is 0.255 e. The second kappa shape index (κ2) is 7.14. The Kier molecular flexibility index (Phi) is 6.08. The van der Waals surface area contributed by atoms with E-state index in [-0.39, 0.29) is 18.3 Å². The average Bonchev–Trinajstić information content (AvgIpc) is 2.94. The van der Waals surface area contributed by atoms with Gasteiger partial charge in [0.15, 0.2) is 0 Å². The number of likely N-dealkylation sites (tertiary alicyclic amines) is 1. The van der Waals surface area contributed by atoms with E-state index in [9.17, 15) is 4.79 Å². The third-order valence-corrected chi connectivity index (χ3v) is 4.20. The Balaban J connectivity index is 0.00000200. The van der Waals surface area contributed by atoms with E-state index in [2.05, 4.69) is 23.7 Å². The summed E-state index contributed by atoms with van der Waals surface area (Å²) in [7, 11) is 1.95. The van der Waals surface area contributed by atoms with E-state index in [1.54, 1.807) is 0 Å². The van der Waals surface area contributed by atoms with Crippen molar-refractivity contribution in [3.8, 4) is 0 Å². The minimum absolute atomic E-state index is 0. The summed E-state index contributed by atoms with van der Waals surface area (Å²) in [6.45, 7) is 8.94. The molecule has 1 fully saturated rings. The van der Waals surface area contributed by atoms with Crippen molar-refractivity contribution < 1.29 is 4.79 Å².